The molecule has 274 valence electrons. The Kier molecular flexibility index (Phi) is 26.5. The molecule has 4 aromatic carbocycles. The minimum Gasteiger partial charge on any atom is -0.466 e. The van der Waals surface area contributed by atoms with Crippen LogP contribution in [0.1, 0.15) is 69.2 Å². The maximum absolute atomic E-state index is 7.60. The summed E-state index contributed by atoms with van der Waals surface area (Å²) in [5.74, 6) is 1.27. The van der Waals surface area contributed by atoms with Gasteiger partial charge in [-0.1, -0.05) is 85.7 Å². The van der Waals surface area contributed by atoms with E-state index >= 15 is 0 Å². The highest BCUT2D eigenvalue weighted by Crippen LogP contribution is 2.40. The molecule has 51 heavy (non-hydrogen) atoms. The predicted molar refractivity (Wildman–Crippen MR) is 219 cm³/mol. The van der Waals surface area contributed by atoms with Crippen molar-refractivity contribution in [1.29, 1.82) is 5.41 Å². The molecule has 1 unspecified atom stereocenters. The average molecular weight is 698 g/mol. The van der Waals surface area contributed by atoms with Crippen molar-refractivity contribution in [3.8, 4) is 11.5 Å². The zero-order chi connectivity index (χ0) is 39.5. The molecule has 1 atom stereocenters. The molecule has 14 heteroatoms. The topological polar surface area (TPSA) is 133 Å². The van der Waals surface area contributed by atoms with Gasteiger partial charge in [0.1, 0.15) is 19.5 Å². The predicted octanol–water partition coefficient (Wildman–Crippen LogP) is 11.0. The molecule has 0 spiro atoms. The second-order valence-corrected chi connectivity index (χ2v) is 9.44. The van der Waals surface area contributed by atoms with E-state index in [1.165, 1.54) is 4.68 Å². The Morgan fingerprint density at radius 1 is 0.824 bits per heavy atom. The van der Waals surface area contributed by atoms with Crippen LogP contribution in [-0.4, -0.2) is 72.8 Å². The van der Waals surface area contributed by atoms with Gasteiger partial charge in [-0.2, -0.15) is 10.2 Å². The molecule has 0 heterocycles. The third kappa shape index (κ3) is 16.6. The van der Waals surface area contributed by atoms with E-state index in [1.54, 1.807) is 33.0 Å². The van der Waals surface area contributed by atoms with Gasteiger partial charge in [0.2, 0.25) is 0 Å². The number of hydrogen-bond acceptors (Lipinski definition) is 10. The van der Waals surface area contributed by atoms with E-state index in [4.69, 9.17) is 35.6 Å². The first-order valence-corrected chi connectivity index (χ1v) is 17.0. The number of benzene rings is 4. The third-order valence-corrected chi connectivity index (χ3v) is 5.73. The lowest BCUT2D eigenvalue weighted by Crippen LogP contribution is -2.20. The number of hydrogen-bond donors (Lipinski definition) is 2. The van der Waals surface area contributed by atoms with Crippen LogP contribution in [0.3, 0.4) is 0 Å². The smallest absolute Gasteiger partial charge is 0.293 e. The molecule has 0 aliphatic carbocycles. The number of rotatable bonds is 10. The fourth-order valence-corrected chi connectivity index (χ4v) is 4.00. The third-order valence-electron chi connectivity index (χ3n) is 5.73. The molecule has 0 saturated heterocycles. The van der Waals surface area contributed by atoms with Crippen molar-refractivity contribution >= 4 is 72.9 Å². The summed E-state index contributed by atoms with van der Waals surface area (Å²) in [6, 6.07) is 18.8. The number of nitrogens with zero attached hydrogens (tertiary/aromatic N) is 7. The van der Waals surface area contributed by atoms with Gasteiger partial charge in [0.25, 0.3) is 16.0 Å². The summed E-state index contributed by atoms with van der Waals surface area (Å²) in [6.45, 7) is 23.1. The summed E-state index contributed by atoms with van der Waals surface area (Å²) in [5.41, 5.74) is 10.2. The van der Waals surface area contributed by atoms with Crippen LogP contribution < -0.4 is 14.9 Å². The maximum atomic E-state index is 7.60. The molecule has 4 radical (unpaired) electrons. The molecule has 2 N–H and O–H groups in total. The molecule has 0 aliphatic heterocycles. The van der Waals surface area contributed by atoms with Crippen LogP contribution in [0.4, 0.5) is 22.7 Å². The summed E-state index contributed by atoms with van der Waals surface area (Å²) in [5, 5.41) is 27.3. The summed E-state index contributed by atoms with van der Waals surface area (Å²) in [6.07, 6.45) is -0.422. The van der Waals surface area contributed by atoms with E-state index in [0.29, 0.717) is 28.6 Å². The second kappa shape index (κ2) is 27.9. The fraction of sp³-hybridized carbons (Fsp3) is 0.405. The van der Waals surface area contributed by atoms with Crippen molar-refractivity contribution in [2.24, 2.45) is 20.3 Å². The monoisotopic (exact) mass is 697 g/mol. The number of anilines is 1. The molecule has 0 bridgehead atoms. The lowest BCUT2D eigenvalue weighted by molar-refractivity contribution is -0.428. The summed E-state index contributed by atoms with van der Waals surface area (Å²) in [4.78, 5) is 0. The highest BCUT2D eigenvalue weighted by Gasteiger charge is 2.12. The van der Waals surface area contributed by atoms with Crippen molar-refractivity contribution in [1.82, 2.24) is 5.01 Å². The van der Waals surface area contributed by atoms with E-state index < -0.39 is 6.29 Å². The quantitative estimate of drug-likeness (QED) is 0.0324. The molecule has 0 amide bonds. The van der Waals surface area contributed by atoms with Crippen LogP contribution in [0.2, 0.25) is 0 Å². The molecule has 0 fully saturated rings. The first-order chi connectivity index (χ1) is 24.6. The van der Waals surface area contributed by atoms with Crippen LogP contribution in [0.15, 0.2) is 80.9 Å². The lowest BCUT2D eigenvalue weighted by Gasteiger charge is -2.23. The van der Waals surface area contributed by atoms with Crippen LogP contribution >= 0.6 is 0 Å². The molecule has 0 saturated carbocycles. The van der Waals surface area contributed by atoms with Gasteiger partial charge < -0.3 is 25.1 Å². The van der Waals surface area contributed by atoms with Gasteiger partial charge >= 0.3 is 0 Å². The van der Waals surface area contributed by atoms with Gasteiger partial charge in [-0.3, -0.25) is 20.1 Å². The highest BCUT2D eigenvalue weighted by molar-refractivity contribution is 6.05. The summed E-state index contributed by atoms with van der Waals surface area (Å²) in [7, 11) is 17.3. The number of methoxy groups -OCH3 is 1. The fourth-order valence-electron chi connectivity index (χ4n) is 4.00. The number of nitrogens with one attached hydrogen (secondary N) is 2. The van der Waals surface area contributed by atoms with Crippen LogP contribution in [-0.2, 0) is 4.74 Å². The van der Waals surface area contributed by atoms with Crippen LogP contribution in [0, 0.1) is 5.41 Å². The Hall–Kier alpha value is -4.81. The van der Waals surface area contributed by atoms with Gasteiger partial charge in [0.15, 0.2) is 17.9 Å². The van der Waals surface area contributed by atoms with Crippen LogP contribution in [0.5, 0.6) is 11.5 Å². The Morgan fingerprint density at radius 3 is 1.69 bits per heavy atom. The van der Waals surface area contributed by atoms with E-state index in [1.807, 2.05) is 130 Å². The van der Waals surface area contributed by atoms with Gasteiger partial charge in [0, 0.05) is 38.9 Å². The Bertz CT molecular complexity index is 1670. The van der Waals surface area contributed by atoms with Gasteiger partial charge in [-0.25, -0.2) is 5.01 Å². The zero-order valence-corrected chi connectivity index (χ0v) is 33.1. The lowest BCUT2D eigenvalue weighted by atomic mass is 10.1. The Balaban J connectivity index is 0. The minimum absolute atomic E-state index is 0.107. The van der Waals surface area contributed by atoms with E-state index in [9.17, 15) is 0 Å². The van der Waals surface area contributed by atoms with Crippen molar-refractivity contribution in [3.05, 3.63) is 66.1 Å². The standard InChI is InChI=1S/C15H17BN4O2.C14H16BN5O.4C2H6/c1-10(21-4)22-15-13-9-12(17-19-16)7-5-11(13)6-8-14(15)18-20(2)3;1-9(16)21-14-12-8-11(17-19-15)6-4-10(12)5-7-13(14)18-20(2)3;4*1-2/h5-10H,2H2,1,3-4H3;4-8,16,18H,1-3H3;4*1-2H3. The normalized spacial score (nSPS) is 10.5. The Morgan fingerprint density at radius 2 is 1.27 bits per heavy atom. The largest absolute Gasteiger partial charge is 0.466 e. The molecule has 0 aliphatic rings. The molecule has 4 aromatic rings. The molecule has 4 rings (SSSR count). The average Bonchev–Trinajstić information content (AvgIpc) is 3.13. The van der Waals surface area contributed by atoms with Gasteiger partial charge in [0.05, 0.1) is 17.1 Å². The maximum Gasteiger partial charge on any atom is 0.293 e. The van der Waals surface area contributed by atoms with Crippen LogP contribution in [0.25, 0.3) is 27.0 Å². The first kappa shape index (κ1) is 48.3. The minimum atomic E-state index is -0.422. The Labute approximate surface area is 308 Å². The van der Waals surface area contributed by atoms with Crippen molar-refractivity contribution in [3.63, 3.8) is 0 Å². The molecular weight excluding hydrogens is 640 g/mol. The van der Waals surface area contributed by atoms with Crippen molar-refractivity contribution in [2.45, 2.75) is 75.5 Å². The SMILES string of the molecule is CC.CC.CC.CC.[B]N=Nc1ccc2ccc(NN(C)C)c(OC(C)=N)c2c1.[B]N=Nc1ccc2ccc([N-][N+](=C)C)c(OC(C)OC)c2c1. The van der Waals surface area contributed by atoms with Gasteiger partial charge in [-0.05, 0) is 53.7 Å². The number of ether oxygens (including phenoxy) is 3. The number of fused-ring (bicyclic) bond motifs is 2. The van der Waals surface area contributed by atoms with Crippen molar-refractivity contribution < 1.29 is 18.9 Å². The van der Waals surface area contributed by atoms with E-state index in [0.717, 1.165) is 27.2 Å². The summed E-state index contributed by atoms with van der Waals surface area (Å²) < 4.78 is 18.1. The molecule has 12 nitrogen and oxygen atoms in total. The second-order valence-electron chi connectivity index (χ2n) is 9.44. The summed E-state index contributed by atoms with van der Waals surface area (Å²) >= 11 is 0. The van der Waals surface area contributed by atoms with E-state index in [2.05, 4.69) is 37.8 Å². The zero-order valence-electron chi connectivity index (χ0n) is 33.1. The van der Waals surface area contributed by atoms with Gasteiger partial charge in [-0.15, -0.1) is 0 Å². The molecular formula is C37H57B2N9O3. The van der Waals surface area contributed by atoms with E-state index in [-0.39, 0.29) is 5.90 Å². The molecule has 0 aromatic heterocycles. The highest BCUT2D eigenvalue weighted by atomic mass is 16.7. The van der Waals surface area contributed by atoms with Crippen molar-refractivity contribution in [2.75, 3.05) is 33.7 Å². The number of hydrazine groups is 1. The first-order valence-electron chi connectivity index (χ1n) is 17.0.